The Labute approximate surface area is 101 Å². The zero-order chi connectivity index (χ0) is 11.8. The van der Waals surface area contributed by atoms with Gasteiger partial charge in [-0.25, -0.2) is 4.98 Å². The monoisotopic (exact) mass is 227 g/mol. The third kappa shape index (κ3) is 2.09. The molecule has 3 rings (SSSR count). The van der Waals surface area contributed by atoms with E-state index < -0.39 is 0 Å². The predicted molar refractivity (Wildman–Crippen MR) is 67.9 cm³/mol. The third-order valence-corrected chi connectivity index (χ3v) is 3.30. The number of rotatable bonds is 3. The van der Waals surface area contributed by atoms with E-state index in [0.717, 1.165) is 17.2 Å². The summed E-state index contributed by atoms with van der Waals surface area (Å²) < 4.78 is 0. The van der Waals surface area contributed by atoms with Crippen molar-refractivity contribution in [2.45, 2.75) is 38.5 Å². The van der Waals surface area contributed by atoms with Gasteiger partial charge in [-0.3, -0.25) is 5.10 Å². The number of hydrogen-bond acceptors (Lipinski definition) is 2. The lowest BCUT2D eigenvalue weighted by atomic mass is 10.0. The van der Waals surface area contributed by atoms with Crippen molar-refractivity contribution >= 4 is 0 Å². The predicted octanol–water partition coefficient (Wildman–Crippen LogP) is 3.47. The van der Waals surface area contributed by atoms with Gasteiger partial charge in [-0.05, 0) is 24.3 Å². The number of H-pyrrole nitrogens is 1. The van der Waals surface area contributed by atoms with E-state index in [1.165, 1.54) is 18.4 Å². The molecule has 0 bridgehead atoms. The Balaban J connectivity index is 1.86. The summed E-state index contributed by atoms with van der Waals surface area (Å²) in [5.74, 6) is 3.07. The van der Waals surface area contributed by atoms with Gasteiger partial charge < -0.3 is 0 Å². The van der Waals surface area contributed by atoms with Gasteiger partial charge in [0.2, 0.25) is 0 Å². The highest BCUT2D eigenvalue weighted by atomic mass is 15.2. The second-order valence-electron chi connectivity index (χ2n) is 5.10. The van der Waals surface area contributed by atoms with Crippen LogP contribution in [0.5, 0.6) is 0 Å². The Morgan fingerprint density at radius 2 is 1.88 bits per heavy atom. The number of benzene rings is 1. The van der Waals surface area contributed by atoms with Crippen LogP contribution < -0.4 is 0 Å². The number of aromatic nitrogens is 3. The SMILES string of the molecule is CC(C)c1ccc(-c2n[nH]c(C3CC3)n2)cc1. The molecule has 1 fully saturated rings. The van der Waals surface area contributed by atoms with E-state index in [4.69, 9.17) is 0 Å². The van der Waals surface area contributed by atoms with Crippen LogP contribution in [0, 0.1) is 0 Å². The maximum Gasteiger partial charge on any atom is 0.181 e. The van der Waals surface area contributed by atoms with Gasteiger partial charge in [0.25, 0.3) is 0 Å². The van der Waals surface area contributed by atoms with Gasteiger partial charge in [0, 0.05) is 11.5 Å². The van der Waals surface area contributed by atoms with E-state index >= 15 is 0 Å². The van der Waals surface area contributed by atoms with Crippen molar-refractivity contribution in [1.29, 1.82) is 0 Å². The lowest BCUT2D eigenvalue weighted by molar-refractivity contribution is 0.867. The van der Waals surface area contributed by atoms with Crippen molar-refractivity contribution in [3.63, 3.8) is 0 Å². The molecule has 3 nitrogen and oxygen atoms in total. The Bertz CT molecular complexity index is 507. The van der Waals surface area contributed by atoms with E-state index in [9.17, 15) is 0 Å². The van der Waals surface area contributed by atoms with E-state index in [0.29, 0.717) is 11.8 Å². The fourth-order valence-corrected chi connectivity index (χ4v) is 1.96. The highest BCUT2D eigenvalue weighted by molar-refractivity contribution is 5.55. The second-order valence-corrected chi connectivity index (χ2v) is 5.10. The van der Waals surface area contributed by atoms with E-state index in [2.05, 4.69) is 53.3 Å². The van der Waals surface area contributed by atoms with E-state index in [1.807, 2.05) is 0 Å². The first-order chi connectivity index (χ1) is 8.24. The molecule has 0 spiro atoms. The van der Waals surface area contributed by atoms with Gasteiger partial charge in [0.15, 0.2) is 5.82 Å². The molecular weight excluding hydrogens is 210 g/mol. The van der Waals surface area contributed by atoms with Crippen LogP contribution in [0.15, 0.2) is 24.3 Å². The molecule has 1 heterocycles. The topological polar surface area (TPSA) is 41.6 Å². The Hall–Kier alpha value is -1.64. The fourth-order valence-electron chi connectivity index (χ4n) is 1.96. The van der Waals surface area contributed by atoms with Crippen LogP contribution in [0.1, 0.15) is 49.9 Å². The number of nitrogens with zero attached hydrogens (tertiary/aromatic N) is 2. The smallest absolute Gasteiger partial charge is 0.181 e. The van der Waals surface area contributed by atoms with Gasteiger partial charge >= 0.3 is 0 Å². The minimum Gasteiger partial charge on any atom is -0.262 e. The summed E-state index contributed by atoms with van der Waals surface area (Å²) >= 11 is 0. The van der Waals surface area contributed by atoms with Gasteiger partial charge in [-0.15, -0.1) is 0 Å². The summed E-state index contributed by atoms with van der Waals surface area (Å²) in [6.07, 6.45) is 2.50. The van der Waals surface area contributed by atoms with Gasteiger partial charge in [-0.2, -0.15) is 5.10 Å². The molecule has 2 aromatic rings. The lowest BCUT2D eigenvalue weighted by Gasteiger charge is -2.04. The molecule has 1 N–H and O–H groups in total. The van der Waals surface area contributed by atoms with Crippen LogP contribution in [-0.2, 0) is 0 Å². The van der Waals surface area contributed by atoms with Crippen molar-refractivity contribution in [2.24, 2.45) is 0 Å². The average Bonchev–Trinajstić information content (AvgIpc) is 3.07. The molecule has 3 heteroatoms. The third-order valence-electron chi connectivity index (χ3n) is 3.30. The van der Waals surface area contributed by atoms with Crippen molar-refractivity contribution in [3.05, 3.63) is 35.7 Å². The molecule has 0 unspecified atom stereocenters. The Morgan fingerprint density at radius 1 is 1.18 bits per heavy atom. The maximum absolute atomic E-state index is 4.55. The standard InChI is InChI=1S/C14H17N3/c1-9(2)10-3-5-11(6-4-10)13-15-14(17-16-13)12-7-8-12/h3-6,9,12H,7-8H2,1-2H3,(H,15,16,17). The quantitative estimate of drug-likeness (QED) is 0.872. The molecule has 88 valence electrons. The zero-order valence-corrected chi connectivity index (χ0v) is 10.3. The molecule has 0 aliphatic heterocycles. The normalized spacial score (nSPS) is 15.5. The summed E-state index contributed by atoms with van der Waals surface area (Å²) in [6, 6.07) is 8.53. The first-order valence-electron chi connectivity index (χ1n) is 6.26. The van der Waals surface area contributed by atoms with E-state index in [-0.39, 0.29) is 0 Å². The summed E-state index contributed by atoms with van der Waals surface area (Å²) in [5.41, 5.74) is 2.45. The van der Waals surface area contributed by atoms with Crippen LogP contribution in [-0.4, -0.2) is 15.2 Å². The molecule has 1 aliphatic carbocycles. The molecule has 0 radical (unpaired) electrons. The molecular formula is C14H17N3. The highest BCUT2D eigenvalue weighted by Gasteiger charge is 2.27. The highest BCUT2D eigenvalue weighted by Crippen LogP contribution is 2.38. The molecule has 1 saturated carbocycles. The fraction of sp³-hybridized carbons (Fsp3) is 0.429. The molecule has 1 aromatic heterocycles. The Morgan fingerprint density at radius 3 is 2.47 bits per heavy atom. The lowest BCUT2D eigenvalue weighted by Crippen LogP contribution is -1.87. The molecule has 17 heavy (non-hydrogen) atoms. The molecule has 1 aromatic carbocycles. The molecule has 1 aliphatic rings. The number of hydrogen-bond donors (Lipinski definition) is 1. The summed E-state index contributed by atoms with van der Waals surface area (Å²) in [7, 11) is 0. The van der Waals surface area contributed by atoms with Gasteiger partial charge in [0.1, 0.15) is 5.82 Å². The minimum atomic E-state index is 0.568. The van der Waals surface area contributed by atoms with Gasteiger partial charge in [-0.1, -0.05) is 38.1 Å². The largest absolute Gasteiger partial charge is 0.262 e. The molecule has 0 saturated heterocycles. The van der Waals surface area contributed by atoms with Gasteiger partial charge in [0.05, 0.1) is 0 Å². The summed E-state index contributed by atoms with van der Waals surface area (Å²) in [4.78, 5) is 4.55. The minimum absolute atomic E-state index is 0.568. The Kier molecular flexibility index (Phi) is 2.46. The summed E-state index contributed by atoms with van der Waals surface area (Å²) in [5, 5.41) is 7.33. The van der Waals surface area contributed by atoms with Crippen molar-refractivity contribution in [1.82, 2.24) is 15.2 Å². The maximum atomic E-state index is 4.55. The average molecular weight is 227 g/mol. The van der Waals surface area contributed by atoms with Crippen molar-refractivity contribution < 1.29 is 0 Å². The van der Waals surface area contributed by atoms with Crippen LogP contribution >= 0.6 is 0 Å². The van der Waals surface area contributed by atoms with Crippen LogP contribution in [0.25, 0.3) is 11.4 Å². The number of nitrogens with one attached hydrogen (secondary N) is 1. The zero-order valence-electron chi connectivity index (χ0n) is 10.3. The molecule has 0 amide bonds. The first kappa shape index (κ1) is 10.5. The van der Waals surface area contributed by atoms with Crippen molar-refractivity contribution in [2.75, 3.05) is 0 Å². The van der Waals surface area contributed by atoms with Crippen LogP contribution in [0.2, 0.25) is 0 Å². The second kappa shape index (κ2) is 3.99. The van der Waals surface area contributed by atoms with Crippen LogP contribution in [0.4, 0.5) is 0 Å². The first-order valence-corrected chi connectivity index (χ1v) is 6.26. The van der Waals surface area contributed by atoms with E-state index in [1.54, 1.807) is 0 Å². The molecule has 0 atom stereocenters. The van der Waals surface area contributed by atoms with Crippen molar-refractivity contribution in [3.8, 4) is 11.4 Å². The summed E-state index contributed by atoms with van der Waals surface area (Å²) in [6.45, 7) is 4.40. The number of aromatic amines is 1. The van der Waals surface area contributed by atoms with Crippen LogP contribution in [0.3, 0.4) is 0 Å².